The number of hydrogen-bond acceptors (Lipinski definition) is 1. The van der Waals surface area contributed by atoms with Crippen molar-refractivity contribution in [2.24, 2.45) is 0 Å². The van der Waals surface area contributed by atoms with Gasteiger partial charge in [0.1, 0.15) is 0 Å². The minimum atomic E-state index is -11.2. The van der Waals surface area contributed by atoms with Gasteiger partial charge in [-0.15, -0.1) is 0 Å². The molecule has 0 bridgehead atoms. The Kier molecular flexibility index (Phi) is 13.3. The molecule has 2 aromatic carbocycles. The van der Waals surface area contributed by atoms with E-state index in [0.717, 1.165) is 24.5 Å². The van der Waals surface area contributed by atoms with E-state index in [1.54, 1.807) is 5.30 Å². The van der Waals surface area contributed by atoms with Crippen molar-refractivity contribution in [3.63, 3.8) is 0 Å². The van der Waals surface area contributed by atoms with Crippen molar-refractivity contribution in [1.82, 2.24) is 0 Å². The van der Waals surface area contributed by atoms with Crippen LogP contribution in [0.5, 0.6) is 0 Å². The van der Waals surface area contributed by atoms with Crippen molar-refractivity contribution >= 4 is 32.7 Å². The first-order valence-electron chi connectivity index (χ1n) is 13.5. The van der Waals surface area contributed by atoms with Crippen LogP contribution in [-0.2, 0) is 27.1 Å². The summed E-state index contributed by atoms with van der Waals surface area (Å²) >= 11 is -11.2. The van der Waals surface area contributed by atoms with Gasteiger partial charge < -0.3 is 4.74 Å². The van der Waals surface area contributed by atoms with E-state index < -0.39 is 27.4 Å². The molecule has 0 atom stereocenters. The third-order valence-corrected chi connectivity index (χ3v) is 11.2. The molecule has 5 rings (SSSR count). The van der Waals surface area contributed by atoms with E-state index in [0.29, 0.717) is 0 Å². The van der Waals surface area contributed by atoms with Gasteiger partial charge in [0.05, 0.1) is 16.6 Å². The van der Waals surface area contributed by atoms with E-state index >= 15 is 0 Å². The first-order valence-corrected chi connectivity index (χ1v) is 21.0. The number of rotatable bonds is 4. The Balaban J connectivity index is 0.000000325. The van der Waals surface area contributed by atoms with Crippen molar-refractivity contribution in [1.29, 1.82) is 0 Å². The summed E-state index contributed by atoms with van der Waals surface area (Å²) in [7, 11) is -0.500. The van der Waals surface area contributed by atoms with Crippen molar-refractivity contribution in [3.05, 3.63) is 54.6 Å². The summed E-state index contributed by atoms with van der Waals surface area (Å²) in [6.45, 7) is 2.00. The fourth-order valence-corrected chi connectivity index (χ4v) is 10.1. The van der Waals surface area contributed by atoms with Gasteiger partial charge in [0, 0.05) is 49.1 Å². The summed E-state index contributed by atoms with van der Waals surface area (Å²) in [5, 5.41) is 1.75. The molecule has 221 valence electrons. The normalized spacial score (nSPS) is 20.6. The molecular weight excluding hydrogens is 727 g/mol. The first kappa shape index (κ1) is 34.2. The van der Waals surface area contributed by atoms with Gasteiger partial charge in [0.2, 0.25) is 0 Å². The molecule has 1 nitrogen and oxygen atoms in total. The van der Waals surface area contributed by atoms with Gasteiger partial charge in [-0.1, -0.05) is 61.4 Å². The molecule has 0 N–H and O–H groups in total. The van der Waals surface area contributed by atoms with Crippen molar-refractivity contribution in [2.75, 3.05) is 13.2 Å². The largest absolute Gasteiger partial charge is 0.0998 e. The zero-order chi connectivity index (χ0) is 26.8. The van der Waals surface area contributed by atoms with Crippen molar-refractivity contribution < 1.29 is 44.0 Å². The molecule has 1 aliphatic heterocycles. The second kappa shape index (κ2) is 14.7. The van der Waals surface area contributed by atoms with Gasteiger partial charge in [-0.3, -0.25) is 0 Å². The number of hydrogen-bond donors (Lipinski definition) is 0. The molecule has 0 unspecified atom stereocenters. The summed E-state index contributed by atoms with van der Waals surface area (Å²) < 4.78 is 64.5. The summed E-state index contributed by atoms with van der Waals surface area (Å²) in [5.41, 5.74) is 4.97. The third kappa shape index (κ3) is 14.0. The Labute approximate surface area is 242 Å². The van der Waals surface area contributed by atoms with Crippen molar-refractivity contribution in [3.8, 4) is 11.1 Å². The monoisotopic (exact) mass is 765 g/mol. The average molecular weight is 767 g/mol. The van der Waals surface area contributed by atoms with E-state index in [1.165, 1.54) is 88.2 Å². The van der Waals surface area contributed by atoms with Gasteiger partial charge in [0.25, 0.3) is 0 Å². The minimum Gasteiger partial charge on any atom is -0.0622 e. The fraction of sp³-hybridized carbons (Fsp3) is 0.571. The van der Waals surface area contributed by atoms with Gasteiger partial charge in [-0.05, 0) is 75.8 Å². The maximum Gasteiger partial charge on any atom is 0.0998 e. The van der Waals surface area contributed by atoms with Crippen LogP contribution in [0.3, 0.4) is 0 Å². The van der Waals surface area contributed by atoms with E-state index in [4.69, 9.17) is 4.74 Å². The Morgan fingerprint density at radius 2 is 1.00 bits per heavy atom. The summed E-state index contributed by atoms with van der Waals surface area (Å²) in [6.07, 6.45) is 17.4. The van der Waals surface area contributed by atoms with E-state index in [-0.39, 0.29) is 22.4 Å². The van der Waals surface area contributed by atoms with Gasteiger partial charge in [-0.2, -0.15) is 0 Å². The predicted octanol–water partition coefficient (Wildman–Crippen LogP) is 9.79. The maximum absolute atomic E-state index is 11.2. The summed E-state index contributed by atoms with van der Waals surface area (Å²) in [4.78, 5) is 0. The predicted molar refractivity (Wildman–Crippen MR) is 146 cm³/mol. The molecule has 0 aromatic heterocycles. The molecule has 38 heavy (non-hydrogen) atoms. The van der Waals surface area contributed by atoms with Crippen molar-refractivity contribution in [2.45, 2.75) is 88.4 Å². The van der Waals surface area contributed by atoms with Crippen LogP contribution >= 0.6 is 7.92 Å². The maximum atomic E-state index is 9.93. The molecule has 2 aromatic rings. The smallest absolute Gasteiger partial charge is 0.0622 e. The van der Waals surface area contributed by atoms with Crippen LogP contribution in [0.2, 0.25) is 0 Å². The molecule has 0 spiro atoms. The van der Waals surface area contributed by atoms with E-state index in [9.17, 15) is 16.9 Å². The molecule has 1 radical (unpaired) electrons. The minimum absolute atomic E-state index is 0. The zero-order valence-electron chi connectivity index (χ0n) is 21.7. The molecule has 1 heterocycles. The summed E-state index contributed by atoms with van der Waals surface area (Å²) in [6, 6.07) is 20.6. The average Bonchev–Trinajstić information content (AvgIpc) is 3.45. The Bertz CT molecular complexity index is 908. The Hall–Kier alpha value is -0.0316. The van der Waals surface area contributed by atoms with Crippen LogP contribution in [-0.4, -0.2) is 44.0 Å². The number of halogens is 6. The van der Waals surface area contributed by atoms with Crippen LogP contribution in [0.15, 0.2) is 54.6 Å². The molecule has 1 saturated heterocycles. The summed E-state index contributed by atoms with van der Waals surface area (Å²) in [5.74, 6) is 0. The fourth-order valence-electron chi connectivity index (χ4n) is 5.71. The van der Waals surface area contributed by atoms with E-state index in [1.807, 2.05) is 0 Å². The van der Waals surface area contributed by atoms with E-state index in [2.05, 4.69) is 54.6 Å². The quantitative estimate of drug-likeness (QED) is 0.171. The van der Waals surface area contributed by atoms with Gasteiger partial charge in [-0.25, -0.2) is 0 Å². The third-order valence-electron chi connectivity index (χ3n) is 7.24. The van der Waals surface area contributed by atoms with Crippen LogP contribution in [0.25, 0.3) is 11.1 Å². The standard InChI is InChI=1S/C24H31P.C4H8O.Ag.6FH.Sb/c1-4-12-20(13-5-1)23-18-10-11-19-24(23)25(21-14-6-2-7-15-21)22-16-8-3-9-17-22;1-2-4-5-3-1;;;;;;;;/h1,4-5,10-13,18-19,21-22H,2-3,6-9,14-17H2;1-4H2;;6*1H;/q;;;;;;;;;+5/p-5. The van der Waals surface area contributed by atoms with Crippen LogP contribution in [0, 0.1) is 0 Å². The van der Waals surface area contributed by atoms with Crippen LogP contribution in [0.4, 0.5) is 16.9 Å². The molecule has 0 amide bonds. The van der Waals surface area contributed by atoms with Gasteiger partial charge >= 0.3 is 36.4 Å². The second-order valence-corrected chi connectivity index (χ2v) is 18.9. The first-order chi connectivity index (χ1) is 17.4. The SMILES string of the molecule is C1CCOC1.[Ag].[F][Sb-]([F])([F])([F])([F])[F].c1ccc(-c2ccccc2[PH+](C2CCCCC2)C2CCCCC2)cc1. The molecule has 3 aliphatic rings. The Morgan fingerprint density at radius 3 is 1.42 bits per heavy atom. The molecule has 10 heteroatoms. The topological polar surface area (TPSA) is 9.23 Å². The molecule has 2 saturated carbocycles. The Morgan fingerprint density at radius 1 is 0.579 bits per heavy atom. The number of benzene rings is 2. The molecule has 3 fully saturated rings. The number of ether oxygens (including phenoxy) is 1. The molecular formula is C28H40AgF6OPSb. The van der Waals surface area contributed by atoms with Crippen LogP contribution in [0.1, 0.15) is 77.0 Å². The van der Waals surface area contributed by atoms with Gasteiger partial charge in [0.15, 0.2) is 0 Å². The zero-order valence-corrected chi connectivity index (χ0v) is 26.7. The second-order valence-electron chi connectivity index (χ2n) is 10.3. The molecule has 2 aliphatic carbocycles. The van der Waals surface area contributed by atoms with Crippen LogP contribution < -0.4 is 5.30 Å².